The van der Waals surface area contributed by atoms with Crippen molar-refractivity contribution in [1.82, 2.24) is 34.9 Å². The number of pyridine rings is 7. The van der Waals surface area contributed by atoms with Crippen molar-refractivity contribution in [2.24, 2.45) is 0 Å². The van der Waals surface area contributed by atoms with Crippen LogP contribution < -0.4 is 9.80 Å². The molecule has 4 aliphatic rings. The first kappa shape index (κ1) is 77.9. The second-order valence-electron chi connectivity index (χ2n) is 35.5. The average molecular weight is 1730 g/mol. The summed E-state index contributed by atoms with van der Waals surface area (Å²) in [5.74, 6) is 0. The third-order valence-electron chi connectivity index (χ3n) is 28.4. The molecule has 28 rings (SSSR count). The summed E-state index contributed by atoms with van der Waals surface area (Å²) >= 11 is 0. The van der Waals surface area contributed by atoms with E-state index in [0.717, 1.165) is 179 Å². The minimum absolute atomic E-state index is 0.661. The molecular formula is C127H79N9. The second kappa shape index (κ2) is 31.4. The van der Waals surface area contributed by atoms with Crippen molar-refractivity contribution in [1.29, 1.82) is 0 Å². The quantitative estimate of drug-likeness (QED) is 0.124. The third kappa shape index (κ3) is 12.0. The molecule has 0 saturated carbocycles. The molecule has 17 aromatic carbocycles. The summed E-state index contributed by atoms with van der Waals surface area (Å²) in [4.78, 5) is 41.3. The molecule has 0 bridgehead atoms. The van der Waals surface area contributed by atoms with Gasteiger partial charge in [-0.1, -0.05) is 358 Å². The molecule has 2 aliphatic heterocycles. The Labute approximate surface area is 785 Å². The lowest BCUT2D eigenvalue weighted by Crippen LogP contribution is -2.36. The lowest BCUT2D eigenvalue weighted by molar-refractivity contribution is 0.754. The van der Waals surface area contributed by atoms with Crippen LogP contribution in [-0.2, 0) is 10.8 Å². The summed E-state index contributed by atoms with van der Waals surface area (Å²) in [5, 5.41) is 8.94. The van der Waals surface area contributed by atoms with Crippen LogP contribution in [0.15, 0.2) is 480 Å². The van der Waals surface area contributed by atoms with Crippen LogP contribution in [0, 0.1) is 0 Å². The van der Waals surface area contributed by atoms with Gasteiger partial charge in [0.05, 0.1) is 101 Å². The molecule has 24 aromatic rings. The topological polar surface area (TPSA) is 96.7 Å². The monoisotopic (exact) mass is 1730 g/mol. The molecule has 9 nitrogen and oxygen atoms in total. The fourth-order valence-corrected chi connectivity index (χ4v) is 22.6. The maximum absolute atomic E-state index is 5.64. The van der Waals surface area contributed by atoms with E-state index in [4.69, 9.17) is 24.9 Å². The molecular weight excluding hydrogens is 1650 g/mol. The van der Waals surface area contributed by atoms with Crippen molar-refractivity contribution in [3.8, 4) is 112 Å². The molecule has 0 amide bonds. The summed E-state index contributed by atoms with van der Waals surface area (Å²) in [7, 11) is 0. The highest BCUT2D eigenvalue weighted by Crippen LogP contribution is 2.68. The van der Waals surface area contributed by atoms with Crippen LogP contribution in [0.2, 0.25) is 0 Å². The van der Waals surface area contributed by atoms with E-state index in [9.17, 15) is 0 Å². The molecule has 7 aromatic heterocycles. The van der Waals surface area contributed by atoms with Crippen LogP contribution in [0.3, 0.4) is 0 Å². The van der Waals surface area contributed by atoms with Crippen LogP contribution in [0.1, 0.15) is 44.5 Å². The molecule has 632 valence electrons. The average Bonchev–Trinajstić information content (AvgIpc) is 1.44. The Kier molecular flexibility index (Phi) is 17.9. The van der Waals surface area contributed by atoms with E-state index in [1.165, 1.54) is 77.5 Å². The van der Waals surface area contributed by atoms with Crippen molar-refractivity contribution in [3.05, 3.63) is 524 Å². The maximum atomic E-state index is 5.64. The fourth-order valence-electron chi connectivity index (χ4n) is 22.6. The zero-order valence-corrected chi connectivity index (χ0v) is 73.6. The van der Waals surface area contributed by atoms with Crippen LogP contribution in [-0.4, -0.2) is 34.9 Å². The van der Waals surface area contributed by atoms with Gasteiger partial charge in [0, 0.05) is 83.9 Å². The second-order valence-corrected chi connectivity index (χ2v) is 35.5. The van der Waals surface area contributed by atoms with Crippen LogP contribution >= 0.6 is 0 Å². The number of hydrogen-bond acceptors (Lipinski definition) is 9. The van der Waals surface area contributed by atoms with Crippen molar-refractivity contribution >= 4 is 99.3 Å². The minimum atomic E-state index is -0.680. The molecule has 0 saturated heterocycles. The zero-order chi connectivity index (χ0) is 89.5. The van der Waals surface area contributed by atoms with Gasteiger partial charge in [0.25, 0.3) is 0 Å². The molecule has 136 heavy (non-hydrogen) atoms. The van der Waals surface area contributed by atoms with E-state index in [2.05, 4.69) is 444 Å². The highest BCUT2D eigenvalue weighted by molar-refractivity contribution is 6.17. The van der Waals surface area contributed by atoms with E-state index < -0.39 is 10.8 Å². The number of anilines is 6. The smallest absolute Gasteiger partial charge is 0.0972 e. The van der Waals surface area contributed by atoms with Gasteiger partial charge in [-0.2, -0.15) is 0 Å². The van der Waals surface area contributed by atoms with E-state index in [-0.39, 0.29) is 0 Å². The molecule has 0 atom stereocenters. The number of aromatic nitrogens is 7. The Bertz CT molecular complexity index is 8820. The van der Waals surface area contributed by atoms with Gasteiger partial charge in [-0.05, 0) is 203 Å². The number of fused-ring (bicyclic) bond motifs is 27. The van der Waals surface area contributed by atoms with Crippen molar-refractivity contribution in [2.75, 3.05) is 9.80 Å². The van der Waals surface area contributed by atoms with E-state index in [0.29, 0.717) is 0 Å². The largest absolute Gasteiger partial charge is 0.309 e. The number of benzene rings is 17. The summed E-state index contributed by atoms with van der Waals surface area (Å²) < 4.78 is 0. The van der Waals surface area contributed by atoms with Gasteiger partial charge in [-0.15, -0.1) is 0 Å². The van der Waals surface area contributed by atoms with Crippen molar-refractivity contribution < 1.29 is 0 Å². The van der Waals surface area contributed by atoms with Crippen molar-refractivity contribution in [3.63, 3.8) is 0 Å². The molecule has 2 aliphatic carbocycles. The molecule has 0 fully saturated rings. The number of para-hydroxylation sites is 6. The highest BCUT2D eigenvalue weighted by Gasteiger charge is 2.55. The molecule has 9 heteroatoms. The summed E-state index contributed by atoms with van der Waals surface area (Å²) in [6.07, 6.45) is 3.63. The fraction of sp³-hybridized carbons (Fsp3) is 0.0157. The number of nitrogens with zero attached hydrogens (tertiary/aromatic N) is 9. The molecule has 9 heterocycles. The number of hydrogen-bond donors (Lipinski definition) is 0. The van der Waals surface area contributed by atoms with E-state index >= 15 is 0 Å². The predicted octanol–water partition coefficient (Wildman–Crippen LogP) is 31.7. The first-order valence-corrected chi connectivity index (χ1v) is 46.4. The maximum Gasteiger partial charge on any atom is 0.0972 e. The van der Waals surface area contributed by atoms with Gasteiger partial charge in [-0.3, -0.25) is 9.97 Å². The number of rotatable bonds is 10. The highest BCUT2D eigenvalue weighted by atomic mass is 15.2. The summed E-state index contributed by atoms with van der Waals surface area (Å²) in [6, 6.07) is 169. The van der Waals surface area contributed by atoms with Gasteiger partial charge in [0.2, 0.25) is 0 Å². The van der Waals surface area contributed by atoms with Crippen LogP contribution in [0.5, 0.6) is 0 Å². The Balaban J connectivity index is 0.000000138. The van der Waals surface area contributed by atoms with Gasteiger partial charge < -0.3 is 9.80 Å². The van der Waals surface area contributed by atoms with Crippen LogP contribution in [0.25, 0.3) is 177 Å². The third-order valence-corrected chi connectivity index (χ3v) is 28.4. The van der Waals surface area contributed by atoms with Gasteiger partial charge >= 0.3 is 0 Å². The Hall–Kier alpha value is -18.1. The molecule has 0 N–H and O–H groups in total. The van der Waals surface area contributed by atoms with Gasteiger partial charge in [0.15, 0.2) is 0 Å². The molecule has 2 spiro atoms. The Morgan fingerprint density at radius 1 is 0.184 bits per heavy atom. The van der Waals surface area contributed by atoms with Gasteiger partial charge in [0.1, 0.15) is 0 Å². The summed E-state index contributed by atoms with van der Waals surface area (Å²) in [5.41, 5.74) is 39.7. The van der Waals surface area contributed by atoms with E-state index in [1.807, 2.05) is 54.9 Å². The first-order chi connectivity index (χ1) is 67.5. The van der Waals surface area contributed by atoms with Crippen molar-refractivity contribution in [2.45, 2.75) is 10.8 Å². The Morgan fingerprint density at radius 3 is 1.00 bits per heavy atom. The SMILES string of the molecule is c1ccc(-c2ccc3ccc4ccc(-c5cccc6c5N(c5ccccc5)c5cc7c(-c8ccccc8)nc8ccccc8c7cc5C65c6ccccc6-c6ccccc65)nc4c3n2)cc1.c1ccc(-c2nc3ccccc3c3cc4c(cc23)N(c2ccccc2)c2c(-c3ccc(-c5cc(-c6ccccn6)nc(-c6ccccn6)c5)cc3)cccc2C42c3ccccc3-c3ccccc32)cc1. The zero-order valence-electron chi connectivity index (χ0n) is 73.6. The molecule has 0 radical (unpaired) electrons. The predicted molar refractivity (Wildman–Crippen MR) is 557 cm³/mol. The van der Waals surface area contributed by atoms with E-state index in [1.54, 1.807) is 0 Å². The lowest BCUT2D eigenvalue weighted by atomic mass is 9.63. The lowest BCUT2D eigenvalue weighted by Gasteiger charge is -2.46. The normalized spacial score (nSPS) is 13.1. The van der Waals surface area contributed by atoms with Crippen LogP contribution in [0.4, 0.5) is 34.1 Å². The minimum Gasteiger partial charge on any atom is -0.309 e. The summed E-state index contributed by atoms with van der Waals surface area (Å²) in [6.45, 7) is 0. The molecule has 0 unspecified atom stereocenters. The standard InChI is InChI=1S/C65H41N5.C62H38N4/c1-3-18-44(19-4-1)63-52-41-62-56(40-51(52)50-24-9-12-29-57(50)69-63)65(53-26-10-7-22-48(53)49-23-8-11-27-54(49)65)55-28-17-25-47(64(55)70(62)46-20-5-2-6-21-46)43-34-32-42(33-35-43)45-38-60(58-30-13-15-36-66-58)68-61(39-45)59-31-14-16-37-67-59;1-4-17-39(18-5-1)54-35-33-41-31-32-42-34-36-56(65-60(42)59(41)63-54)47-26-16-29-52-61(47)66(43-21-8-3-9-22-43)57-38-49-48(46-25-12-15-30-55(46)64-58(49)40-19-6-2-7-20-40)37-53(57)62(52)50-27-13-10-23-44(50)45-24-11-14-28-51(45)62/h1-41H;1-38H. The van der Waals surface area contributed by atoms with Gasteiger partial charge in [-0.25, -0.2) is 24.9 Å². The Morgan fingerprint density at radius 2 is 0.544 bits per heavy atom. The first-order valence-electron chi connectivity index (χ1n) is 46.4.